The number of thioether (sulfide) groups is 2. The standard InChI is InChI=1S/C13H21NS3/c1-9-10(2)17-13(8-16-9)12(14)6-5-11-4-3-7-15-11/h3-4,7,9-10,12-13H,5-6,8,14H2,1-2H3. The van der Waals surface area contributed by atoms with Crippen LogP contribution in [-0.2, 0) is 6.42 Å². The van der Waals surface area contributed by atoms with Crippen LogP contribution in [-0.4, -0.2) is 27.5 Å². The molecule has 4 unspecified atom stereocenters. The van der Waals surface area contributed by atoms with Crippen molar-refractivity contribution in [3.8, 4) is 0 Å². The summed E-state index contributed by atoms with van der Waals surface area (Å²) in [6, 6.07) is 4.69. The average molecular weight is 288 g/mol. The highest BCUT2D eigenvalue weighted by Gasteiger charge is 2.29. The molecule has 0 bridgehead atoms. The predicted molar refractivity (Wildman–Crippen MR) is 83.4 cm³/mol. The number of nitrogens with two attached hydrogens (primary N) is 1. The summed E-state index contributed by atoms with van der Waals surface area (Å²) in [5.41, 5.74) is 6.34. The average Bonchev–Trinajstić information content (AvgIpc) is 2.82. The lowest BCUT2D eigenvalue weighted by Gasteiger charge is -2.34. The van der Waals surface area contributed by atoms with Gasteiger partial charge in [-0.2, -0.15) is 23.5 Å². The van der Waals surface area contributed by atoms with Gasteiger partial charge in [0.25, 0.3) is 0 Å². The summed E-state index contributed by atoms with van der Waals surface area (Å²) in [6.07, 6.45) is 2.27. The second kappa shape index (κ2) is 6.50. The van der Waals surface area contributed by atoms with E-state index in [-0.39, 0.29) is 0 Å². The fourth-order valence-corrected chi connectivity index (χ4v) is 5.81. The van der Waals surface area contributed by atoms with Crippen molar-refractivity contribution in [2.45, 2.75) is 48.5 Å². The van der Waals surface area contributed by atoms with E-state index in [4.69, 9.17) is 5.73 Å². The van der Waals surface area contributed by atoms with Crippen molar-refractivity contribution < 1.29 is 0 Å². The Labute approximate surface area is 117 Å². The zero-order valence-electron chi connectivity index (χ0n) is 10.5. The third kappa shape index (κ3) is 3.91. The Hall–Kier alpha value is 0.360. The summed E-state index contributed by atoms with van der Waals surface area (Å²) in [4.78, 5) is 1.47. The van der Waals surface area contributed by atoms with Gasteiger partial charge in [0.15, 0.2) is 0 Å². The van der Waals surface area contributed by atoms with Crippen LogP contribution in [0, 0.1) is 0 Å². The van der Waals surface area contributed by atoms with Crippen molar-refractivity contribution in [2.24, 2.45) is 5.73 Å². The van der Waals surface area contributed by atoms with Gasteiger partial charge in [0.05, 0.1) is 0 Å². The molecule has 4 heteroatoms. The molecule has 1 nitrogen and oxygen atoms in total. The second-order valence-corrected chi connectivity index (χ2v) is 8.76. The first kappa shape index (κ1) is 13.8. The second-order valence-electron chi connectivity index (χ2n) is 4.70. The molecule has 4 atom stereocenters. The van der Waals surface area contributed by atoms with E-state index in [1.54, 1.807) is 0 Å². The molecule has 1 aromatic heterocycles. The number of aryl methyl sites for hydroxylation is 1. The topological polar surface area (TPSA) is 26.0 Å². The maximum absolute atomic E-state index is 6.34. The number of rotatable bonds is 4. The van der Waals surface area contributed by atoms with Gasteiger partial charge in [-0.3, -0.25) is 0 Å². The van der Waals surface area contributed by atoms with E-state index in [0.717, 1.165) is 23.3 Å². The molecular weight excluding hydrogens is 266 g/mol. The Kier molecular flexibility index (Phi) is 5.27. The van der Waals surface area contributed by atoms with E-state index in [1.165, 1.54) is 10.6 Å². The van der Waals surface area contributed by atoms with E-state index in [2.05, 4.69) is 54.9 Å². The Bertz CT molecular complexity index is 325. The van der Waals surface area contributed by atoms with Gasteiger partial charge in [0, 0.05) is 32.4 Å². The van der Waals surface area contributed by atoms with Crippen LogP contribution in [0.5, 0.6) is 0 Å². The van der Waals surface area contributed by atoms with Crippen LogP contribution in [0.15, 0.2) is 17.5 Å². The normalized spacial score (nSPS) is 31.4. The van der Waals surface area contributed by atoms with Crippen LogP contribution in [0.2, 0.25) is 0 Å². The van der Waals surface area contributed by atoms with Crippen LogP contribution < -0.4 is 5.73 Å². The van der Waals surface area contributed by atoms with Gasteiger partial charge in [-0.1, -0.05) is 19.9 Å². The maximum Gasteiger partial charge on any atom is 0.0292 e. The Balaban J connectivity index is 1.78. The summed E-state index contributed by atoms with van der Waals surface area (Å²) >= 11 is 6.03. The van der Waals surface area contributed by atoms with Crippen molar-refractivity contribution >= 4 is 34.9 Å². The fraction of sp³-hybridized carbons (Fsp3) is 0.692. The summed E-state index contributed by atoms with van der Waals surface area (Å²) in [6.45, 7) is 4.66. The molecule has 17 heavy (non-hydrogen) atoms. The van der Waals surface area contributed by atoms with Gasteiger partial charge in [-0.15, -0.1) is 11.3 Å². The number of hydrogen-bond donors (Lipinski definition) is 1. The van der Waals surface area contributed by atoms with Crippen molar-refractivity contribution in [1.82, 2.24) is 0 Å². The molecule has 1 fully saturated rings. The smallest absolute Gasteiger partial charge is 0.0292 e. The van der Waals surface area contributed by atoms with E-state index >= 15 is 0 Å². The molecule has 1 aliphatic heterocycles. The Morgan fingerprint density at radius 2 is 2.24 bits per heavy atom. The van der Waals surface area contributed by atoms with Gasteiger partial charge < -0.3 is 5.73 Å². The minimum atomic E-state index is 0.351. The molecule has 0 radical (unpaired) electrons. The van der Waals surface area contributed by atoms with Gasteiger partial charge in [-0.05, 0) is 24.3 Å². The maximum atomic E-state index is 6.34. The molecule has 96 valence electrons. The highest BCUT2D eigenvalue weighted by Crippen LogP contribution is 2.37. The van der Waals surface area contributed by atoms with Crippen LogP contribution in [0.4, 0.5) is 0 Å². The summed E-state index contributed by atoms with van der Waals surface area (Å²) < 4.78 is 0. The first-order chi connectivity index (χ1) is 8.16. The predicted octanol–water partition coefficient (Wildman–Crippen LogP) is 3.63. The SMILES string of the molecule is CC1SCC(C(N)CCc2cccs2)SC1C. The van der Waals surface area contributed by atoms with Gasteiger partial charge in [-0.25, -0.2) is 0 Å². The minimum Gasteiger partial charge on any atom is -0.327 e. The largest absolute Gasteiger partial charge is 0.327 e. The Morgan fingerprint density at radius 1 is 1.41 bits per heavy atom. The lowest BCUT2D eigenvalue weighted by Crippen LogP contribution is -2.40. The monoisotopic (exact) mass is 287 g/mol. The first-order valence-electron chi connectivity index (χ1n) is 6.22. The zero-order valence-corrected chi connectivity index (χ0v) is 12.9. The summed E-state index contributed by atoms with van der Waals surface area (Å²) in [5, 5.41) is 4.31. The lowest BCUT2D eigenvalue weighted by molar-refractivity contribution is 0.609. The highest BCUT2D eigenvalue weighted by molar-refractivity contribution is 8.07. The fourth-order valence-electron chi connectivity index (χ4n) is 1.98. The third-order valence-electron chi connectivity index (χ3n) is 3.36. The van der Waals surface area contributed by atoms with Crippen molar-refractivity contribution in [3.05, 3.63) is 22.4 Å². The van der Waals surface area contributed by atoms with Crippen molar-refractivity contribution in [1.29, 1.82) is 0 Å². The van der Waals surface area contributed by atoms with Crippen LogP contribution in [0.3, 0.4) is 0 Å². The van der Waals surface area contributed by atoms with Crippen molar-refractivity contribution in [2.75, 3.05) is 5.75 Å². The summed E-state index contributed by atoms with van der Waals surface area (Å²) in [7, 11) is 0. The molecule has 1 saturated heterocycles. The molecule has 1 aliphatic rings. The zero-order chi connectivity index (χ0) is 12.3. The van der Waals surface area contributed by atoms with E-state index < -0.39 is 0 Å². The molecule has 0 amide bonds. The van der Waals surface area contributed by atoms with Gasteiger partial charge in [0.2, 0.25) is 0 Å². The molecule has 2 N–H and O–H groups in total. The van der Waals surface area contributed by atoms with Gasteiger partial charge >= 0.3 is 0 Å². The Morgan fingerprint density at radius 3 is 2.88 bits per heavy atom. The number of hydrogen-bond acceptors (Lipinski definition) is 4. The van der Waals surface area contributed by atoms with E-state index in [9.17, 15) is 0 Å². The van der Waals surface area contributed by atoms with Crippen LogP contribution in [0.25, 0.3) is 0 Å². The molecule has 0 aromatic carbocycles. The van der Waals surface area contributed by atoms with E-state index in [0.29, 0.717) is 11.3 Å². The van der Waals surface area contributed by atoms with Gasteiger partial charge in [0.1, 0.15) is 0 Å². The molecule has 0 aliphatic carbocycles. The molecule has 2 heterocycles. The molecular formula is C13H21NS3. The minimum absolute atomic E-state index is 0.351. The molecule has 1 aromatic rings. The summed E-state index contributed by atoms with van der Waals surface area (Å²) in [5.74, 6) is 1.22. The molecule has 0 spiro atoms. The van der Waals surface area contributed by atoms with Crippen molar-refractivity contribution in [3.63, 3.8) is 0 Å². The quantitative estimate of drug-likeness (QED) is 0.916. The first-order valence-corrected chi connectivity index (χ1v) is 9.09. The highest BCUT2D eigenvalue weighted by atomic mass is 32.2. The van der Waals surface area contributed by atoms with E-state index in [1.807, 2.05) is 11.3 Å². The van der Waals surface area contributed by atoms with Crippen LogP contribution in [0.1, 0.15) is 25.1 Å². The molecule has 0 saturated carbocycles. The third-order valence-corrected chi connectivity index (χ3v) is 7.86. The van der Waals surface area contributed by atoms with Crippen LogP contribution >= 0.6 is 34.9 Å². The number of thiophene rings is 1. The lowest BCUT2D eigenvalue weighted by atomic mass is 10.1. The molecule has 2 rings (SSSR count).